The molecule has 1 aromatic heterocycles. The summed E-state index contributed by atoms with van der Waals surface area (Å²) in [6, 6.07) is 0. The Labute approximate surface area is 122 Å². The maximum absolute atomic E-state index is 6.18. The minimum atomic E-state index is 0.179. The van der Waals surface area contributed by atoms with Crippen molar-refractivity contribution in [3.05, 3.63) is 12.2 Å². The molecule has 1 heterocycles. The van der Waals surface area contributed by atoms with E-state index in [1.165, 1.54) is 32.1 Å². The van der Waals surface area contributed by atoms with Gasteiger partial charge in [0, 0.05) is 18.6 Å². The van der Waals surface area contributed by atoms with E-state index in [0.717, 1.165) is 38.4 Å². The molecule has 0 radical (unpaired) electrons. The van der Waals surface area contributed by atoms with Gasteiger partial charge in [-0.15, -0.1) is 0 Å². The van der Waals surface area contributed by atoms with Crippen molar-refractivity contribution in [2.75, 3.05) is 13.1 Å². The Morgan fingerprint density at radius 3 is 2.65 bits per heavy atom. The van der Waals surface area contributed by atoms with Crippen molar-refractivity contribution < 1.29 is 0 Å². The second-order valence-corrected chi connectivity index (χ2v) is 5.90. The zero-order valence-corrected chi connectivity index (χ0v) is 13.0. The van der Waals surface area contributed by atoms with E-state index in [1.807, 2.05) is 4.68 Å². The van der Waals surface area contributed by atoms with Gasteiger partial charge in [-0.05, 0) is 32.7 Å². The lowest BCUT2D eigenvalue weighted by atomic mass is 9.80. The maximum atomic E-state index is 6.18. The molecule has 5 nitrogen and oxygen atoms in total. The van der Waals surface area contributed by atoms with Crippen LogP contribution in [0.3, 0.4) is 0 Å². The van der Waals surface area contributed by atoms with Crippen LogP contribution in [0.2, 0.25) is 0 Å². The van der Waals surface area contributed by atoms with E-state index in [0.29, 0.717) is 0 Å². The molecule has 1 aliphatic rings. The van der Waals surface area contributed by atoms with Crippen LogP contribution < -0.4 is 5.73 Å². The summed E-state index contributed by atoms with van der Waals surface area (Å²) in [6.07, 6.45) is 9.23. The summed E-state index contributed by atoms with van der Waals surface area (Å²) < 4.78 is 2.00. The van der Waals surface area contributed by atoms with Crippen molar-refractivity contribution in [2.24, 2.45) is 5.73 Å². The molecular weight excluding hydrogens is 250 g/mol. The van der Waals surface area contributed by atoms with Gasteiger partial charge in [-0.1, -0.05) is 26.2 Å². The molecule has 0 saturated heterocycles. The molecule has 0 bridgehead atoms. The first-order valence-electron chi connectivity index (χ1n) is 8.07. The maximum Gasteiger partial charge on any atom is 0.141 e. The molecule has 1 aromatic rings. The Hall–Kier alpha value is -0.940. The highest BCUT2D eigenvalue weighted by Crippen LogP contribution is 2.34. The lowest BCUT2D eigenvalue weighted by Gasteiger charge is -2.46. The topological polar surface area (TPSA) is 60.0 Å². The highest BCUT2D eigenvalue weighted by atomic mass is 15.4. The van der Waals surface area contributed by atoms with Crippen LogP contribution in [0, 0.1) is 0 Å². The van der Waals surface area contributed by atoms with E-state index < -0.39 is 0 Å². The Morgan fingerprint density at radius 2 is 2.05 bits per heavy atom. The fourth-order valence-electron chi connectivity index (χ4n) is 3.46. The largest absolute Gasteiger partial charge is 0.329 e. The number of nitrogens with zero attached hydrogens (tertiary/aromatic N) is 4. The van der Waals surface area contributed by atoms with Crippen molar-refractivity contribution >= 4 is 0 Å². The van der Waals surface area contributed by atoms with Crippen LogP contribution in [-0.4, -0.2) is 38.3 Å². The van der Waals surface area contributed by atoms with Crippen LogP contribution >= 0.6 is 0 Å². The molecule has 0 aliphatic heterocycles. The van der Waals surface area contributed by atoms with E-state index in [-0.39, 0.29) is 5.54 Å². The van der Waals surface area contributed by atoms with Gasteiger partial charge in [0.2, 0.25) is 0 Å². The summed E-state index contributed by atoms with van der Waals surface area (Å²) in [4.78, 5) is 7.01. The van der Waals surface area contributed by atoms with Crippen molar-refractivity contribution in [2.45, 2.75) is 71.0 Å². The second kappa shape index (κ2) is 7.18. The first-order chi connectivity index (χ1) is 9.75. The van der Waals surface area contributed by atoms with Crippen molar-refractivity contribution in [3.8, 4) is 0 Å². The minimum absolute atomic E-state index is 0.179. The second-order valence-electron chi connectivity index (χ2n) is 5.90. The number of hydrogen-bond acceptors (Lipinski definition) is 4. The molecule has 2 N–H and O–H groups in total. The summed E-state index contributed by atoms with van der Waals surface area (Å²) >= 11 is 0. The van der Waals surface area contributed by atoms with Crippen LogP contribution in [0.25, 0.3) is 0 Å². The molecule has 0 aromatic carbocycles. The van der Waals surface area contributed by atoms with E-state index in [2.05, 4.69) is 28.8 Å². The fraction of sp³-hybridized carbons (Fsp3) is 0.867. The molecule has 114 valence electrons. The number of hydrogen-bond donors (Lipinski definition) is 1. The van der Waals surface area contributed by atoms with Gasteiger partial charge in [-0.3, -0.25) is 4.90 Å². The molecule has 0 amide bonds. The molecule has 1 fully saturated rings. The highest BCUT2D eigenvalue weighted by molar-refractivity contribution is 4.97. The standard InChI is InChI=1S/C15H29N5/c1-3-10-19(11-14-17-13-18-20(14)4-2)15(12-16)8-6-5-7-9-15/h13H,3-12,16H2,1-2H3. The van der Waals surface area contributed by atoms with Gasteiger partial charge in [0.1, 0.15) is 12.2 Å². The molecule has 0 unspecified atom stereocenters. The highest BCUT2D eigenvalue weighted by Gasteiger charge is 2.36. The van der Waals surface area contributed by atoms with Gasteiger partial charge >= 0.3 is 0 Å². The lowest BCUT2D eigenvalue weighted by Crippen LogP contribution is -2.55. The summed E-state index contributed by atoms with van der Waals surface area (Å²) in [5, 5.41) is 4.29. The molecule has 0 spiro atoms. The van der Waals surface area contributed by atoms with E-state index in [9.17, 15) is 0 Å². The van der Waals surface area contributed by atoms with E-state index >= 15 is 0 Å². The van der Waals surface area contributed by atoms with Crippen molar-refractivity contribution in [3.63, 3.8) is 0 Å². The van der Waals surface area contributed by atoms with Gasteiger partial charge in [0.25, 0.3) is 0 Å². The van der Waals surface area contributed by atoms with E-state index in [1.54, 1.807) is 6.33 Å². The monoisotopic (exact) mass is 279 g/mol. The number of rotatable bonds is 7. The zero-order chi connectivity index (χ0) is 14.4. The first kappa shape index (κ1) is 15.4. The molecule has 1 saturated carbocycles. The smallest absolute Gasteiger partial charge is 0.141 e. The third kappa shape index (κ3) is 3.20. The van der Waals surface area contributed by atoms with Gasteiger partial charge in [-0.2, -0.15) is 5.10 Å². The van der Waals surface area contributed by atoms with Crippen molar-refractivity contribution in [1.82, 2.24) is 19.7 Å². The molecule has 1 aliphatic carbocycles. The number of aromatic nitrogens is 3. The predicted molar refractivity (Wildman–Crippen MR) is 81.3 cm³/mol. The van der Waals surface area contributed by atoms with Gasteiger partial charge < -0.3 is 5.73 Å². The SMILES string of the molecule is CCCN(Cc1ncnn1CC)C1(CN)CCCCC1. The summed E-state index contributed by atoms with van der Waals surface area (Å²) in [6.45, 7) is 7.96. The summed E-state index contributed by atoms with van der Waals surface area (Å²) in [7, 11) is 0. The third-order valence-corrected chi connectivity index (χ3v) is 4.66. The molecule has 0 atom stereocenters. The van der Waals surface area contributed by atoms with Crippen molar-refractivity contribution in [1.29, 1.82) is 0 Å². The average Bonchev–Trinajstić information content (AvgIpc) is 2.95. The molecule has 5 heteroatoms. The van der Waals surface area contributed by atoms with Crippen LogP contribution in [0.1, 0.15) is 58.2 Å². The third-order valence-electron chi connectivity index (χ3n) is 4.66. The van der Waals surface area contributed by atoms with E-state index in [4.69, 9.17) is 5.73 Å². The Bertz CT molecular complexity index is 395. The number of aryl methyl sites for hydroxylation is 1. The van der Waals surface area contributed by atoms with Gasteiger partial charge in [0.15, 0.2) is 0 Å². The molecular formula is C15H29N5. The van der Waals surface area contributed by atoms with Crippen LogP contribution in [0.4, 0.5) is 0 Å². The summed E-state index contributed by atoms with van der Waals surface area (Å²) in [5.41, 5.74) is 6.36. The first-order valence-corrected chi connectivity index (χ1v) is 8.07. The Morgan fingerprint density at radius 1 is 1.30 bits per heavy atom. The van der Waals surface area contributed by atoms with Crippen LogP contribution in [0.5, 0.6) is 0 Å². The molecule has 20 heavy (non-hydrogen) atoms. The zero-order valence-electron chi connectivity index (χ0n) is 13.0. The summed E-state index contributed by atoms with van der Waals surface area (Å²) in [5.74, 6) is 1.07. The van der Waals surface area contributed by atoms with Crippen LogP contribution in [0.15, 0.2) is 6.33 Å². The Kier molecular flexibility index (Phi) is 5.54. The number of nitrogens with two attached hydrogens (primary N) is 1. The normalized spacial score (nSPS) is 18.6. The predicted octanol–water partition coefficient (Wildman–Crippen LogP) is 2.17. The van der Waals surface area contributed by atoms with Crippen LogP contribution in [-0.2, 0) is 13.1 Å². The average molecular weight is 279 g/mol. The fourth-order valence-corrected chi connectivity index (χ4v) is 3.46. The minimum Gasteiger partial charge on any atom is -0.329 e. The lowest BCUT2D eigenvalue weighted by molar-refractivity contribution is 0.0460. The Balaban J connectivity index is 2.16. The molecule has 2 rings (SSSR count). The quantitative estimate of drug-likeness (QED) is 0.831. The van der Waals surface area contributed by atoms with Gasteiger partial charge in [-0.25, -0.2) is 9.67 Å². The van der Waals surface area contributed by atoms with Gasteiger partial charge in [0.05, 0.1) is 6.54 Å².